The number of hydrogen-bond acceptors (Lipinski definition) is 5. The number of benzene rings is 1. The number of esters is 1. The standard InChI is InChI=1S/C22H27ClN4O3/c1-16-5-4-6-18(13-16)14-26-9-11-27(12-10-26)20(28)15-30-21(29)8-7-19-17(2)24-25(3)22(19)23/h4-8,13H,9-12,14-15H2,1-3H3/b8-7+. The fourth-order valence-corrected chi connectivity index (χ4v) is 3.72. The first-order valence-corrected chi connectivity index (χ1v) is 10.3. The molecule has 0 saturated carbocycles. The number of piperazine rings is 1. The minimum absolute atomic E-state index is 0.178. The quantitative estimate of drug-likeness (QED) is 0.520. The Morgan fingerprint density at radius 1 is 1.20 bits per heavy atom. The van der Waals surface area contributed by atoms with E-state index in [0.29, 0.717) is 29.5 Å². The van der Waals surface area contributed by atoms with Crippen LogP contribution in [-0.4, -0.2) is 64.2 Å². The van der Waals surface area contributed by atoms with Gasteiger partial charge >= 0.3 is 5.97 Å². The summed E-state index contributed by atoms with van der Waals surface area (Å²) in [6.45, 7) is 7.35. The number of aromatic nitrogens is 2. The van der Waals surface area contributed by atoms with Crippen molar-refractivity contribution in [2.45, 2.75) is 20.4 Å². The Labute approximate surface area is 181 Å². The first-order chi connectivity index (χ1) is 14.3. The molecule has 0 aliphatic carbocycles. The summed E-state index contributed by atoms with van der Waals surface area (Å²) in [4.78, 5) is 28.4. The molecule has 1 aromatic carbocycles. The van der Waals surface area contributed by atoms with E-state index in [2.05, 4.69) is 41.2 Å². The SMILES string of the molecule is Cc1cccc(CN2CCN(C(=O)COC(=O)/C=C/c3c(C)nn(C)c3Cl)CC2)c1. The third-order valence-electron chi connectivity index (χ3n) is 5.13. The first kappa shape index (κ1) is 22.1. The summed E-state index contributed by atoms with van der Waals surface area (Å²) >= 11 is 6.13. The zero-order chi connectivity index (χ0) is 21.7. The van der Waals surface area contributed by atoms with E-state index in [9.17, 15) is 9.59 Å². The van der Waals surface area contributed by atoms with Gasteiger partial charge in [-0.25, -0.2) is 4.79 Å². The van der Waals surface area contributed by atoms with Gasteiger partial charge in [0.15, 0.2) is 6.61 Å². The molecule has 1 fully saturated rings. The highest BCUT2D eigenvalue weighted by Crippen LogP contribution is 2.20. The Bertz CT molecular complexity index is 946. The van der Waals surface area contributed by atoms with Crippen LogP contribution in [0.25, 0.3) is 6.08 Å². The van der Waals surface area contributed by atoms with E-state index in [-0.39, 0.29) is 12.5 Å². The lowest BCUT2D eigenvalue weighted by atomic mass is 10.1. The van der Waals surface area contributed by atoms with Gasteiger partial charge in [0.25, 0.3) is 5.91 Å². The second-order valence-corrected chi connectivity index (χ2v) is 7.86. The summed E-state index contributed by atoms with van der Waals surface area (Å²) in [6, 6.07) is 8.46. The van der Waals surface area contributed by atoms with Crippen molar-refractivity contribution in [3.63, 3.8) is 0 Å². The largest absolute Gasteiger partial charge is 0.452 e. The van der Waals surface area contributed by atoms with Crippen LogP contribution < -0.4 is 0 Å². The van der Waals surface area contributed by atoms with Gasteiger partial charge in [0, 0.05) is 51.4 Å². The lowest BCUT2D eigenvalue weighted by molar-refractivity contribution is -0.149. The van der Waals surface area contributed by atoms with E-state index >= 15 is 0 Å². The summed E-state index contributed by atoms with van der Waals surface area (Å²) in [5.74, 6) is -0.761. The van der Waals surface area contributed by atoms with Crippen molar-refractivity contribution in [1.29, 1.82) is 0 Å². The van der Waals surface area contributed by atoms with E-state index in [1.807, 2.05) is 0 Å². The summed E-state index contributed by atoms with van der Waals surface area (Å²) in [7, 11) is 1.73. The van der Waals surface area contributed by atoms with Crippen LogP contribution >= 0.6 is 11.6 Å². The molecule has 3 rings (SSSR count). The van der Waals surface area contributed by atoms with Crippen LogP contribution in [0.5, 0.6) is 0 Å². The zero-order valence-corrected chi connectivity index (χ0v) is 18.4. The number of ether oxygens (including phenoxy) is 1. The third kappa shape index (κ3) is 5.70. The van der Waals surface area contributed by atoms with Gasteiger partial charge in [-0.1, -0.05) is 41.4 Å². The van der Waals surface area contributed by atoms with Crippen LogP contribution in [0.4, 0.5) is 0 Å². The molecule has 0 N–H and O–H groups in total. The Morgan fingerprint density at radius 3 is 2.57 bits per heavy atom. The van der Waals surface area contributed by atoms with E-state index in [0.717, 1.165) is 19.6 Å². The number of rotatable bonds is 6. The number of halogens is 1. The van der Waals surface area contributed by atoms with Gasteiger partial charge in [0.1, 0.15) is 5.15 Å². The molecule has 2 heterocycles. The third-order valence-corrected chi connectivity index (χ3v) is 5.58. The van der Waals surface area contributed by atoms with Gasteiger partial charge in [-0.05, 0) is 25.5 Å². The highest BCUT2D eigenvalue weighted by atomic mass is 35.5. The molecule has 1 amide bonds. The Kier molecular flexibility index (Phi) is 7.29. The van der Waals surface area contributed by atoms with Gasteiger partial charge in [0.2, 0.25) is 0 Å². The molecule has 2 aromatic rings. The molecular formula is C22H27ClN4O3. The number of amides is 1. The van der Waals surface area contributed by atoms with Crippen molar-refractivity contribution in [2.24, 2.45) is 7.05 Å². The lowest BCUT2D eigenvalue weighted by Crippen LogP contribution is -2.49. The van der Waals surface area contributed by atoms with Crippen molar-refractivity contribution >= 4 is 29.6 Å². The average Bonchev–Trinajstić information content (AvgIpc) is 2.96. The molecule has 1 aliphatic rings. The van der Waals surface area contributed by atoms with E-state index in [4.69, 9.17) is 16.3 Å². The Hall–Kier alpha value is -2.64. The molecule has 160 valence electrons. The molecule has 7 nitrogen and oxygen atoms in total. The molecule has 1 aromatic heterocycles. The fourth-order valence-electron chi connectivity index (χ4n) is 3.48. The Balaban J connectivity index is 1.42. The molecule has 1 saturated heterocycles. The van der Waals surface area contributed by atoms with Crippen LogP contribution in [0.15, 0.2) is 30.3 Å². The number of aryl methyl sites for hydroxylation is 3. The molecule has 0 unspecified atom stereocenters. The predicted molar refractivity (Wildman–Crippen MR) is 116 cm³/mol. The van der Waals surface area contributed by atoms with Crippen molar-refractivity contribution in [3.05, 3.63) is 57.9 Å². The number of nitrogens with zero attached hydrogens (tertiary/aromatic N) is 4. The molecule has 1 aliphatic heterocycles. The summed E-state index contributed by atoms with van der Waals surface area (Å²) in [5, 5.41) is 4.62. The van der Waals surface area contributed by atoms with Gasteiger partial charge in [-0.2, -0.15) is 5.10 Å². The van der Waals surface area contributed by atoms with E-state index in [1.165, 1.54) is 21.9 Å². The average molecular weight is 431 g/mol. The van der Waals surface area contributed by atoms with Crippen molar-refractivity contribution < 1.29 is 14.3 Å². The van der Waals surface area contributed by atoms with Crippen LogP contribution in [0, 0.1) is 13.8 Å². The zero-order valence-electron chi connectivity index (χ0n) is 17.6. The van der Waals surface area contributed by atoms with E-state index < -0.39 is 5.97 Å². The van der Waals surface area contributed by atoms with Crippen LogP contribution in [0.3, 0.4) is 0 Å². The van der Waals surface area contributed by atoms with Crippen molar-refractivity contribution in [3.8, 4) is 0 Å². The minimum Gasteiger partial charge on any atom is -0.452 e. The number of carbonyl (C=O) groups is 2. The highest BCUT2D eigenvalue weighted by Gasteiger charge is 2.22. The smallest absolute Gasteiger partial charge is 0.331 e. The summed E-state index contributed by atoms with van der Waals surface area (Å²) < 4.78 is 6.63. The monoisotopic (exact) mass is 430 g/mol. The molecule has 0 atom stereocenters. The van der Waals surface area contributed by atoms with Gasteiger partial charge in [0.05, 0.1) is 5.69 Å². The topological polar surface area (TPSA) is 67.7 Å². The van der Waals surface area contributed by atoms with Crippen molar-refractivity contribution in [1.82, 2.24) is 19.6 Å². The van der Waals surface area contributed by atoms with Crippen molar-refractivity contribution in [2.75, 3.05) is 32.8 Å². The second kappa shape index (κ2) is 9.91. The maximum absolute atomic E-state index is 12.4. The molecule has 0 spiro atoms. The predicted octanol–water partition coefficient (Wildman–Crippen LogP) is 2.59. The molecule has 0 radical (unpaired) electrons. The normalized spacial score (nSPS) is 15.0. The number of hydrogen-bond donors (Lipinski definition) is 0. The molecule has 8 heteroatoms. The fraction of sp³-hybridized carbons (Fsp3) is 0.409. The first-order valence-electron chi connectivity index (χ1n) is 9.93. The molecule has 30 heavy (non-hydrogen) atoms. The van der Waals surface area contributed by atoms with Crippen LogP contribution in [0.2, 0.25) is 5.15 Å². The maximum atomic E-state index is 12.4. The summed E-state index contributed by atoms with van der Waals surface area (Å²) in [5.41, 5.74) is 3.90. The van der Waals surface area contributed by atoms with Gasteiger partial charge < -0.3 is 9.64 Å². The lowest BCUT2D eigenvalue weighted by Gasteiger charge is -2.34. The molecular weight excluding hydrogens is 404 g/mol. The Morgan fingerprint density at radius 2 is 1.93 bits per heavy atom. The maximum Gasteiger partial charge on any atom is 0.331 e. The van der Waals surface area contributed by atoms with Crippen LogP contribution in [-0.2, 0) is 27.9 Å². The second-order valence-electron chi connectivity index (χ2n) is 7.50. The van der Waals surface area contributed by atoms with Gasteiger partial charge in [-0.3, -0.25) is 14.4 Å². The number of carbonyl (C=O) groups excluding carboxylic acids is 2. The highest BCUT2D eigenvalue weighted by molar-refractivity contribution is 6.31. The molecule has 0 bridgehead atoms. The van der Waals surface area contributed by atoms with Crippen LogP contribution in [0.1, 0.15) is 22.4 Å². The minimum atomic E-state index is -0.583. The summed E-state index contributed by atoms with van der Waals surface area (Å²) in [6.07, 6.45) is 2.82. The van der Waals surface area contributed by atoms with E-state index in [1.54, 1.807) is 24.9 Å². The van der Waals surface area contributed by atoms with Gasteiger partial charge in [-0.15, -0.1) is 0 Å².